The number of anilines is 1. The van der Waals surface area contributed by atoms with Gasteiger partial charge in [-0.25, -0.2) is 5.10 Å². The van der Waals surface area contributed by atoms with E-state index in [1.165, 1.54) is 11.8 Å². The van der Waals surface area contributed by atoms with Crippen molar-refractivity contribution in [3.05, 3.63) is 63.8 Å². The highest BCUT2D eigenvalue weighted by Gasteiger charge is 2.32. The Bertz CT molecular complexity index is 1250. The molecular weight excluding hydrogens is 450 g/mol. The van der Waals surface area contributed by atoms with Gasteiger partial charge in [0.05, 0.1) is 23.7 Å². The number of hydrogen-bond acceptors (Lipinski definition) is 7. The summed E-state index contributed by atoms with van der Waals surface area (Å²) in [4.78, 5) is 16.7. The van der Waals surface area contributed by atoms with E-state index in [0.29, 0.717) is 16.3 Å². The molecule has 0 atom stereocenters. The Morgan fingerprint density at radius 3 is 2.47 bits per heavy atom. The minimum Gasteiger partial charge on any atom is -0.507 e. The lowest BCUT2D eigenvalue weighted by atomic mass is 9.78. The van der Waals surface area contributed by atoms with Gasteiger partial charge in [0.1, 0.15) is 5.75 Å². The molecule has 2 aromatic carbocycles. The van der Waals surface area contributed by atoms with Crippen LogP contribution in [0.2, 0.25) is 0 Å². The maximum Gasteiger partial charge on any atom is 0.265 e. The number of para-hydroxylation sites is 1. The van der Waals surface area contributed by atoms with Gasteiger partial charge < -0.3 is 10.2 Å². The summed E-state index contributed by atoms with van der Waals surface area (Å²) in [6, 6.07) is 11.5. The van der Waals surface area contributed by atoms with Crippen LogP contribution in [0, 0.1) is 0 Å². The van der Waals surface area contributed by atoms with Crippen molar-refractivity contribution in [1.82, 2.24) is 20.6 Å². The number of fused-ring (bicyclic) bond motifs is 1. The number of aromatic amines is 1. The van der Waals surface area contributed by atoms with Gasteiger partial charge in [0.2, 0.25) is 0 Å². The zero-order chi connectivity index (χ0) is 24.7. The molecule has 3 N–H and O–H groups in total. The predicted octanol–water partition coefficient (Wildman–Crippen LogP) is 4.15. The fourth-order valence-corrected chi connectivity index (χ4v) is 4.94. The van der Waals surface area contributed by atoms with Crippen LogP contribution in [0.25, 0.3) is 6.08 Å². The molecule has 1 aliphatic rings. The fraction of sp³-hybridized carbons (Fsp3) is 0.360. The number of tetrazole rings is 1. The number of nitrogens with zero attached hydrogens (tertiary/aromatic N) is 4. The van der Waals surface area contributed by atoms with Crippen LogP contribution in [0.1, 0.15) is 57.1 Å². The molecule has 0 spiro atoms. The third kappa shape index (κ3) is 4.58. The number of benzene rings is 2. The van der Waals surface area contributed by atoms with Crippen LogP contribution in [0.4, 0.5) is 5.69 Å². The van der Waals surface area contributed by atoms with Crippen LogP contribution in [0.3, 0.4) is 0 Å². The number of hydrogen-bond donors (Lipinski definition) is 3. The first kappa shape index (κ1) is 24.0. The van der Waals surface area contributed by atoms with Gasteiger partial charge in [-0.3, -0.25) is 9.69 Å². The molecule has 0 bridgehead atoms. The van der Waals surface area contributed by atoms with E-state index in [1.807, 2.05) is 77.1 Å². The summed E-state index contributed by atoms with van der Waals surface area (Å²) in [5.74, 6) is 0.510. The van der Waals surface area contributed by atoms with Crippen LogP contribution >= 0.6 is 11.8 Å². The second-order valence-electron chi connectivity index (χ2n) is 10.1. The van der Waals surface area contributed by atoms with Gasteiger partial charge in [0.15, 0.2) is 5.82 Å². The average molecular weight is 480 g/mol. The Morgan fingerprint density at radius 1 is 1.12 bits per heavy atom. The van der Waals surface area contributed by atoms with Gasteiger partial charge in [0, 0.05) is 21.4 Å². The summed E-state index contributed by atoms with van der Waals surface area (Å²) in [5, 5.41) is 34.9. The Balaban J connectivity index is 1.83. The zero-order valence-electron chi connectivity index (χ0n) is 20.0. The lowest BCUT2D eigenvalue weighted by Gasteiger charge is -2.30. The van der Waals surface area contributed by atoms with Crippen LogP contribution < -0.4 is 4.90 Å². The molecule has 1 amide bonds. The smallest absolute Gasteiger partial charge is 0.265 e. The van der Waals surface area contributed by atoms with E-state index in [0.717, 1.165) is 21.7 Å². The number of aromatic hydroxyl groups is 1. The van der Waals surface area contributed by atoms with Gasteiger partial charge in [-0.05, 0) is 51.7 Å². The number of H-pyrrole nitrogens is 1. The first-order valence-electron chi connectivity index (χ1n) is 11.0. The highest BCUT2D eigenvalue weighted by atomic mass is 32.2. The maximum atomic E-state index is 13.6. The topological polar surface area (TPSA) is 115 Å². The molecule has 0 saturated carbocycles. The monoisotopic (exact) mass is 479 g/mol. The van der Waals surface area contributed by atoms with Crippen LogP contribution in [0.15, 0.2) is 46.2 Å². The molecule has 2 heterocycles. The van der Waals surface area contributed by atoms with Crippen molar-refractivity contribution < 1.29 is 15.0 Å². The van der Waals surface area contributed by atoms with Gasteiger partial charge in [-0.1, -0.05) is 58.5 Å². The van der Waals surface area contributed by atoms with Crippen molar-refractivity contribution in [3.8, 4) is 5.75 Å². The molecule has 0 saturated heterocycles. The molecule has 0 aliphatic carbocycles. The quantitative estimate of drug-likeness (QED) is 0.471. The summed E-state index contributed by atoms with van der Waals surface area (Å²) >= 11 is 1.41. The van der Waals surface area contributed by atoms with E-state index < -0.39 is 5.41 Å². The summed E-state index contributed by atoms with van der Waals surface area (Å²) < 4.78 is 0. The fourth-order valence-electron chi connectivity index (χ4n) is 3.88. The number of aliphatic hydroxyl groups excluding tert-OH is 1. The number of thioether (sulfide) groups is 1. The van der Waals surface area contributed by atoms with Crippen molar-refractivity contribution in [2.45, 2.75) is 56.9 Å². The second-order valence-corrected chi connectivity index (χ2v) is 11.2. The van der Waals surface area contributed by atoms with E-state index in [-0.39, 0.29) is 30.2 Å². The highest BCUT2D eigenvalue weighted by Crippen LogP contribution is 2.44. The third-order valence-electron chi connectivity index (χ3n) is 5.89. The third-order valence-corrected chi connectivity index (χ3v) is 6.97. The van der Waals surface area contributed by atoms with Crippen molar-refractivity contribution in [2.75, 3.05) is 11.5 Å². The van der Waals surface area contributed by atoms with Crippen LogP contribution in [-0.2, 0) is 22.2 Å². The van der Waals surface area contributed by atoms with Crippen molar-refractivity contribution in [1.29, 1.82) is 0 Å². The van der Waals surface area contributed by atoms with E-state index >= 15 is 0 Å². The van der Waals surface area contributed by atoms with E-state index in [2.05, 4.69) is 20.6 Å². The van der Waals surface area contributed by atoms with Gasteiger partial charge in [0.25, 0.3) is 5.91 Å². The van der Waals surface area contributed by atoms with Crippen molar-refractivity contribution >= 4 is 29.4 Å². The van der Waals surface area contributed by atoms with Gasteiger partial charge in [-0.15, -0.1) is 5.10 Å². The summed E-state index contributed by atoms with van der Waals surface area (Å²) in [5.41, 5.74) is 2.01. The summed E-state index contributed by atoms with van der Waals surface area (Å²) in [7, 11) is 0. The molecule has 3 aromatic rings. The molecule has 8 nitrogen and oxygen atoms in total. The number of aliphatic hydroxyl groups is 1. The molecule has 1 aromatic heterocycles. The van der Waals surface area contributed by atoms with Gasteiger partial charge >= 0.3 is 0 Å². The standard InChI is InChI=1S/C25H29N5O3S/c1-24(2,3)16-10-15(11-17(22(16)32)25(4,5)14-31)12-20-23(33)30(13-21-26-28-29-27-21)18-8-6-7-9-19(18)34-20/h6-12,31-32H,13-14H2,1-5H3,(H,26,27,28,29)/b20-12-. The number of amides is 1. The summed E-state index contributed by atoms with van der Waals surface area (Å²) in [6.45, 7) is 9.94. The van der Waals surface area contributed by atoms with Crippen molar-refractivity contribution in [3.63, 3.8) is 0 Å². The van der Waals surface area contributed by atoms with E-state index in [1.54, 1.807) is 4.90 Å². The Labute approximate surface area is 203 Å². The molecule has 9 heteroatoms. The van der Waals surface area contributed by atoms with E-state index in [9.17, 15) is 15.0 Å². The predicted molar refractivity (Wildman–Crippen MR) is 133 cm³/mol. The highest BCUT2D eigenvalue weighted by molar-refractivity contribution is 8.04. The number of nitrogens with one attached hydrogen (secondary N) is 1. The molecule has 4 rings (SSSR count). The SMILES string of the molecule is CC(C)(C)c1cc(/C=C2\Sc3ccccc3N(Cc3nnn[nH]3)C2=O)cc(C(C)(C)CO)c1O. The normalized spacial score (nSPS) is 15.6. The number of aromatic nitrogens is 4. The Morgan fingerprint density at radius 2 is 1.82 bits per heavy atom. The zero-order valence-corrected chi connectivity index (χ0v) is 20.8. The molecule has 0 fully saturated rings. The van der Waals surface area contributed by atoms with Crippen LogP contribution in [-0.4, -0.2) is 43.4 Å². The molecule has 1 aliphatic heterocycles. The number of carbonyl (C=O) groups is 1. The average Bonchev–Trinajstić information content (AvgIpc) is 3.30. The number of carbonyl (C=O) groups excluding carboxylic acids is 1. The van der Waals surface area contributed by atoms with Gasteiger partial charge in [-0.2, -0.15) is 0 Å². The summed E-state index contributed by atoms with van der Waals surface area (Å²) in [6.07, 6.45) is 1.85. The van der Waals surface area contributed by atoms with E-state index in [4.69, 9.17) is 0 Å². The number of phenols is 1. The number of rotatable bonds is 5. The van der Waals surface area contributed by atoms with Crippen LogP contribution in [0.5, 0.6) is 5.75 Å². The maximum absolute atomic E-state index is 13.6. The second kappa shape index (κ2) is 8.88. The first-order chi connectivity index (χ1) is 16.0. The molecule has 34 heavy (non-hydrogen) atoms. The molecule has 0 radical (unpaired) electrons. The lowest BCUT2D eigenvalue weighted by molar-refractivity contribution is -0.114. The Kier molecular flexibility index (Phi) is 6.26. The molecular formula is C25H29N5O3S. The lowest BCUT2D eigenvalue weighted by Crippen LogP contribution is -2.34. The van der Waals surface area contributed by atoms with Crippen molar-refractivity contribution in [2.24, 2.45) is 0 Å². The number of phenolic OH excluding ortho intramolecular Hbond substituents is 1. The largest absolute Gasteiger partial charge is 0.507 e. The Hall–Kier alpha value is -3.17. The minimum absolute atomic E-state index is 0.121. The minimum atomic E-state index is -0.653. The first-order valence-corrected chi connectivity index (χ1v) is 11.8. The molecule has 178 valence electrons. The molecule has 0 unspecified atom stereocenters.